The lowest BCUT2D eigenvalue weighted by atomic mass is 9.99. The van der Waals surface area contributed by atoms with Crippen molar-refractivity contribution in [2.75, 3.05) is 31.6 Å². The summed E-state index contributed by atoms with van der Waals surface area (Å²) in [6, 6.07) is 19.7. The molecular formula is C27H27ClN4O2. The number of aromatic amines is 1. The number of H-pyrrole nitrogens is 1. The minimum absolute atomic E-state index is 0.0514. The molecule has 0 radical (unpaired) electrons. The van der Waals surface area contributed by atoms with E-state index in [4.69, 9.17) is 21.3 Å². The van der Waals surface area contributed by atoms with Crippen molar-refractivity contribution >= 4 is 39.6 Å². The molecule has 0 spiro atoms. The Morgan fingerprint density at radius 1 is 1.15 bits per heavy atom. The van der Waals surface area contributed by atoms with Crippen LogP contribution in [0, 0.1) is 0 Å². The predicted octanol–water partition coefficient (Wildman–Crippen LogP) is 5.63. The molecule has 0 amide bonds. The second-order valence-corrected chi connectivity index (χ2v) is 8.83. The second kappa shape index (κ2) is 9.41. The van der Waals surface area contributed by atoms with Crippen LogP contribution >= 0.6 is 11.6 Å². The van der Waals surface area contributed by atoms with E-state index in [9.17, 15) is 5.11 Å². The van der Waals surface area contributed by atoms with E-state index in [1.54, 1.807) is 6.07 Å². The average molecular weight is 475 g/mol. The first-order chi connectivity index (χ1) is 16.5. The molecule has 34 heavy (non-hydrogen) atoms. The molecule has 0 saturated heterocycles. The maximum absolute atomic E-state index is 10.9. The summed E-state index contributed by atoms with van der Waals surface area (Å²) in [4.78, 5) is 10.2. The maximum Gasteiger partial charge on any atom is 0.199 e. The first kappa shape index (κ1) is 22.3. The molecule has 1 aliphatic rings. The normalized spacial score (nSPS) is 13.7. The van der Waals surface area contributed by atoms with Crippen molar-refractivity contribution in [1.29, 1.82) is 0 Å². The lowest BCUT2D eigenvalue weighted by molar-refractivity contribution is 0.311. The number of likely N-dealkylation sites (N-methyl/N-ethyl adjacent to an activating group) is 1. The van der Waals surface area contributed by atoms with Crippen LogP contribution in [0.2, 0.25) is 5.02 Å². The summed E-state index contributed by atoms with van der Waals surface area (Å²) < 4.78 is 5.95. The smallest absolute Gasteiger partial charge is 0.199 e. The third-order valence-corrected chi connectivity index (χ3v) is 6.30. The third-order valence-electron chi connectivity index (χ3n) is 6.06. The number of aromatic nitrogens is 1. The van der Waals surface area contributed by atoms with E-state index in [0.29, 0.717) is 22.9 Å². The summed E-state index contributed by atoms with van der Waals surface area (Å²) in [6.45, 7) is 5.29. The van der Waals surface area contributed by atoms with Gasteiger partial charge in [-0.1, -0.05) is 42.8 Å². The van der Waals surface area contributed by atoms with Gasteiger partial charge >= 0.3 is 0 Å². The second-order valence-electron chi connectivity index (χ2n) is 8.40. The van der Waals surface area contributed by atoms with Gasteiger partial charge in [-0.25, -0.2) is 4.99 Å². The molecule has 1 aliphatic heterocycles. The van der Waals surface area contributed by atoms with Crippen LogP contribution in [0.3, 0.4) is 0 Å². The Balaban J connectivity index is 1.65. The van der Waals surface area contributed by atoms with E-state index < -0.39 is 0 Å². The van der Waals surface area contributed by atoms with E-state index in [0.717, 1.165) is 53.2 Å². The number of rotatable bonds is 6. The number of anilines is 1. The number of nitrogens with zero attached hydrogens (tertiary/aromatic N) is 2. The zero-order valence-corrected chi connectivity index (χ0v) is 20.0. The molecule has 6 nitrogen and oxygen atoms in total. The summed E-state index contributed by atoms with van der Waals surface area (Å²) in [5, 5.41) is 15.7. The monoisotopic (exact) mass is 474 g/mol. The minimum Gasteiger partial charge on any atom is -0.494 e. The number of hydrogen-bond donors (Lipinski definition) is 3. The Morgan fingerprint density at radius 3 is 2.76 bits per heavy atom. The predicted molar refractivity (Wildman–Crippen MR) is 139 cm³/mol. The molecule has 0 aliphatic carbocycles. The standard InChI is InChI=1S/C27H27ClN4O2/c1-3-29-16-17-4-8-20(9-5-17)30-26(18-6-11-23-24(14-18)34-13-12-32(23)2)25-21-10-7-19(28)15-22(21)31-27(25)33/h4-11,14-15,29,31,33H,3,12-13,16H2,1-2H3. The van der Waals surface area contributed by atoms with Crippen molar-refractivity contribution < 1.29 is 9.84 Å². The molecule has 1 aromatic heterocycles. The molecule has 4 aromatic rings. The van der Waals surface area contributed by atoms with Crippen LogP contribution in [0.25, 0.3) is 10.9 Å². The van der Waals surface area contributed by atoms with Gasteiger partial charge in [-0.2, -0.15) is 0 Å². The van der Waals surface area contributed by atoms with Gasteiger partial charge in [-0.05, 0) is 48.5 Å². The molecule has 7 heteroatoms. The summed E-state index contributed by atoms with van der Waals surface area (Å²) in [7, 11) is 2.06. The number of halogens is 1. The van der Waals surface area contributed by atoms with E-state index >= 15 is 0 Å². The number of fused-ring (bicyclic) bond motifs is 2. The number of benzene rings is 3. The molecule has 0 atom stereocenters. The Bertz CT molecular complexity index is 1360. The Morgan fingerprint density at radius 2 is 1.97 bits per heavy atom. The molecule has 0 fully saturated rings. The van der Waals surface area contributed by atoms with Crippen molar-refractivity contribution in [3.63, 3.8) is 0 Å². The summed E-state index contributed by atoms with van der Waals surface area (Å²) >= 11 is 6.19. The number of hydrogen-bond acceptors (Lipinski definition) is 5. The SMILES string of the molecule is CCNCc1ccc(N=C(c2ccc3c(c2)OCCN3C)c2c(O)[nH]c3cc(Cl)ccc23)cc1. The fraction of sp³-hybridized carbons (Fsp3) is 0.222. The zero-order chi connectivity index (χ0) is 23.7. The van der Waals surface area contributed by atoms with Crippen molar-refractivity contribution in [2.24, 2.45) is 4.99 Å². The third kappa shape index (κ3) is 4.34. The molecular weight excluding hydrogens is 448 g/mol. The highest BCUT2D eigenvalue weighted by Crippen LogP contribution is 2.36. The zero-order valence-electron chi connectivity index (χ0n) is 19.2. The van der Waals surface area contributed by atoms with Crippen LogP contribution in [0.4, 0.5) is 11.4 Å². The highest BCUT2D eigenvalue weighted by molar-refractivity contribution is 6.31. The van der Waals surface area contributed by atoms with Gasteiger partial charge in [0.1, 0.15) is 12.4 Å². The fourth-order valence-corrected chi connectivity index (χ4v) is 4.42. The molecule has 0 bridgehead atoms. The van der Waals surface area contributed by atoms with Crippen molar-refractivity contribution in [2.45, 2.75) is 13.5 Å². The topological polar surface area (TPSA) is 72.9 Å². The Kier molecular flexibility index (Phi) is 6.18. The first-order valence-corrected chi connectivity index (χ1v) is 11.8. The average Bonchev–Trinajstić information content (AvgIpc) is 3.16. The summed E-state index contributed by atoms with van der Waals surface area (Å²) in [6.07, 6.45) is 0. The Hall–Kier alpha value is -3.48. The van der Waals surface area contributed by atoms with E-state index in [1.165, 1.54) is 5.56 Å². The largest absolute Gasteiger partial charge is 0.494 e. The van der Waals surface area contributed by atoms with Gasteiger partial charge in [0.15, 0.2) is 5.88 Å². The number of aromatic hydroxyl groups is 1. The van der Waals surface area contributed by atoms with E-state index in [-0.39, 0.29) is 5.88 Å². The van der Waals surface area contributed by atoms with Crippen LogP contribution in [-0.2, 0) is 6.54 Å². The van der Waals surface area contributed by atoms with Gasteiger partial charge < -0.3 is 25.0 Å². The number of aliphatic imine (C=N–C) groups is 1. The van der Waals surface area contributed by atoms with Gasteiger partial charge in [0.2, 0.25) is 0 Å². The highest BCUT2D eigenvalue weighted by atomic mass is 35.5. The minimum atomic E-state index is 0.0514. The molecule has 0 unspecified atom stereocenters. The fourth-order valence-electron chi connectivity index (χ4n) is 4.25. The number of ether oxygens (including phenoxy) is 1. The van der Waals surface area contributed by atoms with Gasteiger partial charge in [-0.3, -0.25) is 0 Å². The summed E-state index contributed by atoms with van der Waals surface area (Å²) in [5.41, 5.74) is 5.93. The van der Waals surface area contributed by atoms with Crippen molar-refractivity contribution in [1.82, 2.24) is 10.3 Å². The quantitative estimate of drug-likeness (QED) is 0.316. The molecule has 174 valence electrons. The molecule has 3 N–H and O–H groups in total. The van der Waals surface area contributed by atoms with E-state index in [2.05, 4.69) is 41.3 Å². The van der Waals surface area contributed by atoms with Crippen LogP contribution in [0.15, 0.2) is 65.7 Å². The maximum atomic E-state index is 10.9. The van der Waals surface area contributed by atoms with Gasteiger partial charge in [-0.15, -0.1) is 0 Å². The first-order valence-electron chi connectivity index (χ1n) is 11.4. The molecule has 2 heterocycles. The molecule has 3 aromatic carbocycles. The van der Waals surface area contributed by atoms with Crippen LogP contribution in [0.5, 0.6) is 11.6 Å². The van der Waals surface area contributed by atoms with Crippen molar-refractivity contribution in [3.05, 3.63) is 82.4 Å². The van der Waals surface area contributed by atoms with Gasteiger partial charge in [0, 0.05) is 29.6 Å². The van der Waals surface area contributed by atoms with Gasteiger partial charge in [0.25, 0.3) is 0 Å². The highest BCUT2D eigenvalue weighted by Gasteiger charge is 2.22. The van der Waals surface area contributed by atoms with E-state index in [1.807, 2.05) is 42.5 Å². The molecule has 0 saturated carbocycles. The number of nitrogens with one attached hydrogen (secondary N) is 2. The van der Waals surface area contributed by atoms with Crippen molar-refractivity contribution in [3.8, 4) is 11.6 Å². The van der Waals surface area contributed by atoms with Crippen LogP contribution < -0.4 is 15.0 Å². The summed E-state index contributed by atoms with van der Waals surface area (Å²) in [5.74, 6) is 0.859. The van der Waals surface area contributed by atoms with Gasteiger partial charge in [0.05, 0.1) is 34.7 Å². The van der Waals surface area contributed by atoms with Crippen LogP contribution in [-0.4, -0.2) is 42.5 Å². The lowest BCUT2D eigenvalue weighted by Gasteiger charge is -2.28. The Labute approximate surface area is 203 Å². The van der Waals surface area contributed by atoms with Crippen LogP contribution in [0.1, 0.15) is 23.6 Å². The lowest BCUT2D eigenvalue weighted by Crippen LogP contribution is -2.28. The molecule has 5 rings (SSSR count).